The Morgan fingerprint density at radius 1 is 0.967 bits per heavy atom. The van der Waals surface area contributed by atoms with Crippen molar-refractivity contribution < 1.29 is 21.2 Å². The van der Waals surface area contributed by atoms with Crippen LogP contribution in [0.4, 0.5) is 15.8 Å². The van der Waals surface area contributed by atoms with Crippen LogP contribution in [0.5, 0.6) is 0 Å². The lowest BCUT2D eigenvalue weighted by Gasteiger charge is -2.35. The van der Waals surface area contributed by atoms with Gasteiger partial charge in [0.05, 0.1) is 16.8 Å². The van der Waals surface area contributed by atoms with Gasteiger partial charge in [-0.2, -0.15) is 4.31 Å². The second-order valence-corrected chi connectivity index (χ2v) is 11.2. The summed E-state index contributed by atoms with van der Waals surface area (Å²) in [4.78, 5) is 2.26. The van der Waals surface area contributed by atoms with Gasteiger partial charge in [-0.3, -0.25) is 4.31 Å². The van der Waals surface area contributed by atoms with Crippen LogP contribution >= 0.6 is 0 Å². The molecule has 3 rings (SSSR count). The molecule has 30 heavy (non-hydrogen) atoms. The van der Waals surface area contributed by atoms with Crippen LogP contribution in [0.1, 0.15) is 12.5 Å². The molecular weight excluding hydrogens is 429 g/mol. The maximum atomic E-state index is 13.2. The van der Waals surface area contributed by atoms with Crippen LogP contribution < -0.4 is 9.21 Å². The largest absolute Gasteiger partial charge is 0.369 e. The molecule has 0 aromatic heterocycles. The highest BCUT2D eigenvalue weighted by molar-refractivity contribution is 7.92. The van der Waals surface area contributed by atoms with Gasteiger partial charge in [-0.25, -0.2) is 21.2 Å². The van der Waals surface area contributed by atoms with E-state index in [1.54, 1.807) is 12.1 Å². The molecule has 1 heterocycles. The zero-order chi connectivity index (χ0) is 22.1. The first kappa shape index (κ1) is 22.5. The Morgan fingerprint density at radius 2 is 1.57 bits per heavy atom. The van der Waals surface area contributed by atoms with E-state index in [1.807, 2.05) is 13.0 Å². The molecule has 0 amide bonds. The molecule has 2 aromatic carbocycles. The molecule has 0 unspecified atom stereocenters. The zero-order valence-corrected chi connectivity index (χ0v) is 18.9. The van der Waals surface area contributed by atoms with Crippen LogP contribution in [-0.4, -0.2) is 60.6 Å². The first-order valence-corrected chi connectivity index (χ1v) is 12.9. The van der Waals surface area contributed by atoms with Gasteiger partial charge in [0.25, 0.3) is 10.0 Å². The normalized spacial score (nSPS) is 15.9. The number of nitrogens with zero attached hydrogens (tertiary/aromatic N) is 3. The Hall–Kier alpha value is -2.17. The third-order valence-electron chi connectivity index (χ3n) is 5.33. The third-order valence-corrected chi connectivity index (χ3v) is 8.52. The molecule has 1 saturated heterocycles. The SMILES string of the molecule is CCc1cc(N2CCN(S(C)(=O)=O)CC2)ccc1S(=O)(=O)N(C)c1ccc(F)cc1. The number of benzene rings is 2. The van der Waals surface area contributed by atoms with Crippen molar-refractivity contribution in [2.75, 3.05) is 48.7 Å². The molecule has 0 radical (unpaired) electrons. The molecule has 1 aliphatic rings. The molecule has 0 bridgehead atoms. The summed E-state index contributed by atoms with van der Waals surface area (Å²) in [5.41, 5.74) is 1.91. The van der Waals surface area contributed by atoms with Gasteiger partial charge < -0.3 is 4.90 Å². The molecule has 1 fully saturated rings. The van der Waals surface area contributed by atoms with Crippen molar-refractivity contribution in [1.82, 2.24) is 4.31 Å². The lowest BCUT2D eigenvalue weighted by atomic mass is 10.1. The van der Waals surface area contributed by atoms with Crippen molar-refractivity contribution >= 4 is 31.4 Å². The van der Waals surface area contributed by atoms with Crippen LogP contribution in [0.2, 0.25) is 0 Å². The minimum atomic E-state index is -3.82. The van der Waals surface area contributed by atoms with Gasteiger partial charge in [0.1, 0.15) is 5.82 Å². The van der Waals surface area contributed by atoms with E-state index in [1.165, 1.54) is 41.9 Å². The van der Waals surface area contributed by atoms with Crippen LogP contribution in [0.3, 0.4) is 0 Å². The summed E-state index contributed by atoms with van der Waals surface area (Å²) in [6, 6.07) is 10.5. The van der Waals surface area contributed by atoms with E-state index in [9.17, 15) is 21.2 Å². The van der Waals surface area contributed by atoms with E-state index in [4.69, 9.17) is 0 Å². The number of aryl methyl sites for hydroxylation is 1. The number of piperazine rings is 1. The monoisotopic (exact) mass is 455 g/mol. The maximum Gasteiger partial charge on any atom is 0.264 e. The number of anilines is 2. The molecule has 164 valence electrons. The summed E-state index contributed by atoms with van der Waals surface area (Å²) in [6.07, 6.45) is 1.72. The summed E-state index contributed by atoms with van der Waals surface area (Å²) >= 11 is 0. The number of sulfonamides is 2. The molecule has 0 N–H and O–H groups in total. The highest BCUT2D eigenvalue weighted by Crippen LogP contribution is 2.29. The van der Waals surface area contributed by atoms with Crippen molar-refractivity contribution in [1.29, 1.82) is 0 Å². The Kier molecular flexibility index (Phi) is 6.40. The van der Waals surface area contributed by atoms with Gasteiger partial charge in [0, 0.05) is 38.9 Å². The topological polar surface area (TPSA) is 78.0 Å². The molecule has 1 aliphatic heterocycles. The van der Waals surface area contributed by atoms with Crippen molar-refractivity contribution in [3.05, 3.63) is 53.8 Å². The smallest absolute Gasteiger partial charge is 0.264 e. The van der Waals surface area contributed by atoms with Crippen molar-refractivity contribution in [3.8, 4) is 0 Å². The average molecular weight is 456 g/mol. The Morgan fingerprint density at radius 3 is 2.10 bits per heavy atom. The number of rotatable bonds is 6. The van der Waals surface area contributed by atoms with Crippen LogP contribution in [-0.2, 0) is 26.5 Å². The summed E-state index contributed by atoms with van der Waals surface area (Å²) in [7, 11) is -5.58. The first-order valence-electron chi connectivity index (χ1n) is 9.61. The predicted molar refractivity (Wildman–Crippen MR) is 116 cm³/mol. The quantitative estimate of drug-likeness (QED) is 0.668. The molecule has 0 aliphatic carbocycles. The van der Waals surface area contributed by atoms with Gasteiger partial charge in [-0.05, 0) is 54.4 Å². The molecule has 7 nitrogen and oxygen atoms in total. The van der Waals surface area contributed by atoms with Crippen LogP contribution in [0.25, 0.3) is 0 Å². The van der Waals surface area contributed by atoms with E-state index in [0.717, 1.165) is 9.99 Å². The Bertz CT molecular complexity index is 1110. The van der Waals surface area contributed by atoms with E-state index in [-0.39, 0.29) is 4.90 Å². The molecular formula is C20H26FN3O4S2. The maximum absolute atomic E-state index is 13.2. The summed E-state index contributed by atoms with van der Waals surface area (Å²) < 4.78 is 65.5. The van der Waals surface area contributed by atoms with E-state index in [0.29, 0.717) is 43.9 Å². The molecule has 10 heteroatoms. The van der Waals surface area contributed by atoms with Gasteiger partial charge in [-0.15, -0.1) is 0 Å². The molecule has 2 aromatic rings. The second kappa shape index (κ2) is 8.52. The van der Waals surface area contributed by atoms with Crippen molar-refractivity contribution in [2.45, 2.75) is 18.2 Å². The van der Waals surface area contributed by atoms with Crippen molar-refractivity contribution in [3.63, 3.8) is 0 Å². The van der Waals surface area contributed by atoms with Gasteiger partial charge >= 0.3 is 0 Å². The first-order chi connectivity index (χ1) is 14.0. The fourth-order valence-corrected chi connectivity index (χ4v) is 5.80. The highest BCUT2D eigenvalue weighted by atomic mass is 32.2. The third kappa shape index (κ3) is 4.60. The van der Waals surface area contributed by atoms with E-state index >= 15 is 0 Å². The molecule has 0 saturated carbocycles. The summed E-state index contributed by atoms with van der Waals surface area (Å²) in [5, 5.41) is 0. The fraction of sp³-hybridized carbons (Fsp3) is 0.400. The Labute approximate surface area is 177 Å². The number of hydrogen-bond donors (Lipinski definition) is 0. The zero-order valence-electron chi connectivity index (χ0n) is 17.2. The second-order valence-electron chi connectivity index (χ2n) is 7.24. The van der Waals surface area contributed by atoms with Crippen LogP contribution in [0.15, 0.2) is 47.4 Å². The minimum Gasteiger partial charge on any atom is -0.369 e. The van der Waals surface area contributed by atoms with Gasteiger partial charge in [-0.1, -0.05) is 6.92 Å². The van der Waals surface area contributed by atoms with E-state index in [2.05, 4.69) is 4.90 Å². The standard InChI is InChI=1S/C20H26FN3O4S2/c1-4-16-15-19(23-11-13-24(14-12-23)29(3,25)26)9-10-20(16)30(27,28)22(2)18-7-5-17(21)6-8-18/h5-10,15H,4,11-14H2,1-3H3. The lowest BCUT2D eigenvalue weighted by Crippen LogP contribution is -2.48. The molecule has 0 spiro atoms. The molecule has 0 atom stereocenters. The van der Waals surface area contributed by atoms with Crippen LogP contribution in [0, 0.1) is 5.82 Å². The average Bonchev–Trinajstić information content (AvgIpc) is 2.72. The highest BCUT2D eigenvalue weighted by Gasteiger charge is 2.27. The fourth-order valence-electron chi connectivity index (χ4n) is 3.51. The van der Waals surface area contributed by atoms with E-state index < -0.39 is 25.9 Å². The number of halogens is 1. The predicted octanol–water partition coefficient (Wildman–Crippen LogP) is 2.29. The minimum absolute atomic E-state index is 0.204. The van der Waals surface area contributed by atoms with Gasteiger partial charge in [0.15, 0.2) is 0 Å². The number of hydrogen-bond acceptors (Lipinski definition) is 5. The van der Waals surface area contributed by atoms with Gasteiger partial charge in [0.2, 0.25) is 10.0 Å². The van der Waals surface area contributed by atoms with Crippen molar-refractivity contribution in [2.24, 2.45) is 0 Å². The summed E-state index contributed by atoms with van der Waals surface area (Å²) in [6.45, 7) is 3.76. The lowest BCUT2D eigenvalue weighted by molar-refractivity contribution is 0.388. The summed E-state index contributed by atoms with van der Waals surface area (Å²) in [5.74, 6) is -0.431. The Balaban J connectivity index is 1.86.